The Morgan fingerprint density at radius 1 is 0.559 bits per heavy atom. The number of nitrogens with one attached hydrogen (secondary N) is 2. The zero-order valence-electron chi connectivity index (χ0n) is 19.2. The molecule has 0 bridgehead atoms. The Morgan fingerprint density at radius 2 is 0.912 bits per heavy atom. The number of hydrogen-bond acceptors (Lipinski definition) is 7. The summed E-state index contributed by atoms with van der Waals surface area (Å²) in [5.74, 6) is 2.55. The maximum Gasteiger partial charge on any atom is 0.257 e. The van der Waals surface area contributed by atoms with Gasteiger partial charge in [-0.3, -0.25) is 0 Å². The van der Waals surface area contributed by atoms with E-state index in [-0.39, 0.29) is 5.96 Å². The van der Waals surface area contributed by atoms with E-state index in [2.05, 4.69) is 31.3 Å². The first kappa shape index (κ1) is 24.0. The van der Waals surface area contributed by atoms with Crippen LogP contribution in [-0.2, 0) is 0 Å². The van der Waals surface area contributed by atoms with Crippen LogP contribution in [0.3, 0.4) is 0 Å². The highest BCUT2D eigenvalue weighted by atomic mass is 16.5. The van der Waals surface area contributed by atoms with E-state index in [9.17, 15) is 0 Å². The second-order valence-electron chi connectivity index (χ2n) is 6.75. The topological polar surface area (TPSA) is 101 Å². The molecule has 3 aromatic rings. The minimum atomic E-state index is 0.235. The molecule has 0 saturated heterocycles. The van der Waals surface area contributed by atoms with Crippen LogP contribution < -0.4 is 25.1 Å². The Hall–Kier alpha value is -4.66. The molecule has 2 N–H and O–H groups in total. The first-order valence-corrected chi connectivity index (χ1v) is 10.3. The van der Waals surface area contributed by atoms with Crippen LogP contribution in [0.25, 0.3) is 0 Å². The molecule has 0 heterocycles. The van der Waals surface area contributed by atoms with E-state index in [1.54, 1.807) is 40.0 Å². The molecule has 0 aliphatic carbocycles. The average molecular weight is 459 g/mol. The predicted octanol–water partition coefficient (Wildman–Crippen LogP) is 3.65. The van der Waals surface area contributed by atoms with Crippen LogP contribution in [0.4, 0.5) is 0 Å². The smallest absolute Gasteiger partial charge is 0.257 e. The Bertz CT molecular complexity index is 1080. The lowest BCUT2D eigenvalue weighted by Gasteiger charge is -2.03. The van der Waals surface area contributed by atoms with Crippen LogP contribution in [0.5, 0.6) is 17.2 Å². The van der Waals surface area contributed by atoms with Crippen molar-refractivity contribution in [2.45, 2.75) is 0 Å². The van der Waals surface area contributed by atoms with E-state index < -0.39 is 0 Å². The minimum Gasteiger partial charge on any atom is -0.497 e. The maximum absolute atomic E-state index is 5.16. The second-order valence-corrected chi connectivity index (χ2v) is 6.75. The lowest BCUT2D eigenvalue weighted by molar-refractivity contribution is 0.414. The standard InChI is InChI=1S/C25H26N6O3/c1-32-22-10-4-19(5-11-22)16-26-29-25(30-27-17-20-6-12-23(33-2)13-7-20)31-28-18-21-8-14-24(34-3)15-9-21/h4-18H,1-3H3,(H2,29,30,31)/b26-16+,27-17?,28-18?. The Balaban J connectivity index is 1.68. The third kappa shape index (κ3) is 7.79. The number of nitrogens with zero attached hydrogens (tertiary/aromatic N) is 4. The van der Waals surface area contributed by atoms with Crippen LogP contribution in [0.1, 0.15) is 16.7 Å². The van der Waals surface area contributed by atoms with Crippen molar-refractivity contribution in [3.05, 3.63) is 89.5 Å². The SMILES string of the molecule is COc1ccc(C=NNC(=N/N=C/c2ccc(OC)cc2)NN=Cc2ccc(OC)cc2)cc1. The van der Waals surface area contributed by atoms with Gasteiger partial charge < -0.3 is 14.2 Å². The number of hydrazone groups is 2. The third-order valence-corrected chi connectivity index (χ3v) is 4.48. The molecule has 0 unspecified atom stereocenters. The lowest BCUT2D eigenvalue weighted by atomic mass is 10.2. The largest absolute Gasteiger partial charge is 0.497 e. The number of rotatable bonds is 9. The second kappa shape index (κ2) is 13.0. The van der Waals surface area contributed by atoms with Crippen molar-refractivity contribution in [2.24, 2.45) is 20.4 Å². The van der Waals surface area contributed by atoms with Crippen molar-refractivity contribution in [2.75, 3.05) is 21.3 Å². The molecular weight excluding hydrogens is 432 g/mol. The summed E-state index contributed by atoms with van der Waals surface area (Å²) < 4.78 is 15.5. The van der Waals surface area contributed by atoms with Crippen molar-refractivity contribution in [1.82, 2.24) is 10.9 Å². The van der Waals surface area contributed by atoms with Crippen molar-refractivity contribution < 1.29 is 14.2 Å². The van der Waals surface area contributed by atoms with Crippen molar-refractivity contribution >= 4 is 24.6 Å². The number of ether oxygens (including phenoxy) is 3. The van der Waals surface area contributed by atoms with Gasteiger partial charge in [0.05, 0.1) is 40.0 Å². The maximum atomic E-state index is 5.16. The van der Waals surface area contributed by atoms with Crippen LogP contribution in [0.15, 0.2) is 93.2 Å². The first-order chi connectivity index (χ1) is 16.7. The molecule has 34 heavy (non-hydrogen) atoms. The molecule has 0 spiro atoms. The van der Waals surface area contributed by atoms with Gasteiger partial charge in [-0.05, 0) is 89.5 Å². The molecule has 9 heteroatoms. The normalized spacial score (nSPS) is 11.0. The fourth-order valence-electron chi connectivity index (χ4n) is 2.63. The summed E-state index contributed by atoms with van der Waals surface area (Å²) in [7, 11) is 4.87. The summed E-state index contributed by atoms with van der Waals surface area (Å²) >= 11 is 0. The monoisotopic (exact) mass is 458 g/mol. The highest BCUT2D eigenvalue weighted by Crippen LogP contribution is 2.11. The van der Waals surface area contributed by atoms with Crippen LogP contribution in [0, 0.1) is 0 Å². The molecular formula is C25H26N6O3. The van der Waals surface area contributed by atoms with Crippen LogP contribution in [0.2, 0.25) is 0 Å². The zero-order valence-corrected chi connectivity index (χ0v) is 19.2. The molecule has 0 aromatic heterocycles. The van der Waals surface area contributed by atoms with Gasteiger partial charge >= 0.3 is 0 Å². The summed E-state index contributed by atoms with van der Waals surface area (Å²) in [4.78, 5) is 0. The van der Waals surface area contributed by atoms with Gasteiger partial charge in [0, 0.05) is 0 Å². The Morgan fingerprint density at radius 3 is 1.26 bits per heavy atom. The van der Waals surface area contributed by atoms with Gasteiger partial charge in [0.1, 0.15) is 17.2 Å². The van der Waals surface area contributed by atoms with Gasteiger partial charge in [0.15, 0.2) is 0 Å². The van der Waals surface area contributed by atoms with Gasteiger partial charge in [-0.25, -0.2) is 10.9 Å². The highest BCUT2D eigenvalue weighted by Gasteiger charge is 1.97. The molecule has 0 fully saturated rings. The van der Waals surface area contributed by atoms with Gasteiger partial charge in [-0.1, -0.05) is 0 Å². The summed E-state index contributed by atoms with van der Waals surface area (Å²) in [6, 6.07) is 22.4. The quantitative estimate of drug-likeness (QED) is 0.290. The molecule has 0 aliphatic rings. The van der Waals surface area contributed by atoms with Crippen molar-refractivity contribution in [3.63, 3.8) is 0 Å². The summed E-state index contributed by atoms with van der Waals surface area (Å²) in [5.41, 5.74) is 8.27. The van der Waals surface area contributed by atoms with Gasteiger partial charge in [0.2, 0.25) is 0 Å². The molecule has 174 valence electrons. The summed E-state index contributed by atoms with van der Waals surface area (Å²) in [6.45, 7) is 0. The van der Waals surface area contributed by atoms with E-state index >= 15 is 0 Å². The van der Waals surface area contributed by atoms with Gasteiger partial charge in [0.25, 0.3) is 5.96 Å². The molecule has 3 rings (SSSR count). The predicted molar refractivity (Wildman–Crippen MR) is 135 cm³/mol. The Kier molecular flexibility index (Phi) is 9.19. The van der Waals surface area contributed by atoms with Crippen molar-refractivity contribution in [1.29, 1.82) is 0 Å². The van der Waals surface area contributed by atoms with Crippen LogP contribution >= 0.6 is 0 Å². The third-order valence-electron chi connectivity index (χ3n) is 4.48. The fourth-order valence-corrected chi connectivity index (χ4v) is 2.63. The number of guanidine groups is 1. The fraction of sp³-hybridized carbons (Fsp3) is 0.120. The van der Waals surface area contributed by atoms with E-state index in [1.165, 1.54) is 0 Å². The highest BCUT2D eigenvalue weighted by molar-refractivity contribution is 5.86. The van der Waals surface area contributed by atoms with E-state index in [4.69, 9.17) is 14.2 Å². The lowest BCUT2D eigenvalue weighted by Crippen LogP contribution is -2.30. The molecule has 0 amide bonds. The number of hydrogen-bond donors (Lipinski definition) is 2. The first-order valence-electron chi connectivity index (χ1n) is 10.3. The summed E-state index contributed by atoms with van der Waals surface area (Å²) in [6.07, 6.45) is 4.91. The zero-order chi connectivity index (χ0) is 24.0. The Labute approximate surface area is 198 Å². The average Bonchev–Trinajstić information content (AvgIpc) is 2.89. The molecule has 9 nitrogen and oxygen atoms in total. The molecule has 0 atom stereocenters. The van der Waals surface area contributed by atoms with Crippen molar-refractivity contribution in [3.8, 4) is 17.2 Å². The minimum absolute atomic E-state index is 0.235. The number of methoxy groups -OCH3 is 3. The van der Waals surface area contributed by atoms with Gasteiger partial charge in [-0.2, -0.15) is 15.3 Å². The molecule has 0 saturated carbocycles. The number of benzene rings is 3. The van der Waals surface area contributed by atoms with E-state index in [0.29, 0.717) is 0 Å². The van der Waals surface area contributed by atoms with E-state index in [0.717, 1.165) is 33.9 Å². The summed E-state index contributed by atoms with van der Waals surface area (Å²) in [5, 5.41) is 16.7. The van der Waals surface area contributed by atoms with E-state index in [1.807, 2.05) is 72.8 Å². The molecule has 0 radical (unpaired) electrons. The van der Waals surface area contributed by atoms with Crippen LogP contribution in [-0.4, -0.2) is 45.9 Å². The molecule has 0 aliphatic heterocycles. The van der Waals surface area contributed by atoms with Gasteiger partial charge in [-0.15, -0.1) is 5.10 Å². The molecule has 3 aromatic carbocycles.